The third kappa shape index (κ3) is 4.30. The average Bonchev–Trinajstić information content (AvgIpc) is 2.87. The molecule has 0 fully saturated rings. The first kappa shape index (κ1) is 14.5. The molecule has 0 aromatic carbocycles. The molecule has 0 bridgehead atoms. The second-order valence-corrected chi connectivity index (χ2v) is 3.82. The minimum Gasteiger partial charge on any atom is -0.478 e. The molecule has 0 unspecified atom stereocenters. The summed E-state index contributed by atoms with van der Waals surface area (Å²) in [7, 11) is 0. The lowest BCUT2D eigenvalue weighted by molar-refractivity contribution is -0.133. The van der Waals surface area contributed by atoms with Crippen molar-refractivity contribution in [1.29, 1.82) is 0 Å². The number of hydrogen-bond donors (Lipinski definition) is 3. The molecule has 0 aliphatic carbocycles. The summed E-state index contributed by atoms with van der Waals surface area (Å²) in [6, 6.07) is 0.964. The van der Waals surface area contributed by atoms with Crippen molar-refractivity contribution in [1.82, 2.24) is 10.6 Å². The van der Waals surface area contributed by atoms with Crippen molar-refractivity contribution >= 4 is 17.9 Å². The summed E-state index contributed by atoms with van der Waals surface area (Å²) in [6.45, 7) is 2.83. The van der Waals surface area contributed by atoms with Crippen LogP contribution in [-0.4, -0.2) is 23.0 Å². The van der Waals surface area contributed by atoms with Gasteiger partial charge < -0.3 is 14.8 Å². The number of carbonyl (C=O) groups excluding carboxylic acids is 2. The lowest BCUT2D eigenvalue weighted by Gasteiger charge is -2.07. The van der Waals surface area contributed by atoms with E-state index in [0.717, 1.165) is 5.56 Å². The van der Waals surface area contributed by atoms with Crippen LogP contribution < -0.4 is 10.6 Å². The molecule has 7 heteroatoms. The van der Waals surface area contributed by atoms with Crippen LogP contribution in [0.4, 0.5) is 4.79 Å². The maximum atomic E-state index is 11.5. The van der Waals surface area contributed by atoms with Crippen molar-refractivity contribution in [3.8, 4) is 0 Å². The van der Waals surface area contributed by atoms with E-state index in [2.05, 4.69) is 5.32 Å². The number of furan rings is 1. The maximum Gasteiger partial charge on any atom is 0.331 e. The van der Waals surface area contributed by atoms with Crippen LogP contribution in [0.1, 0.15) is 19.4 Å². The Balaban J connectivity index is 2.50. The molecule has 1 aromatic rings. The van der Waals surface area contributed by atoms with Gasteiger partial charge in [0.25, 0.3) is 5.91 Å². The zero-order valence-electron chi connectivity index (χ0n) is 10.5. The van der Waals surface area contributed by atoms with Crippen molar-refractivity contribution in [3.05, 3.63) is 35.3 Å². The Morgan fingerprint density at radius 2 is 1.95 bits per heavy atom. The number of carboxylic acids is 1. The second-order valence-electron chi connectivity index (χ2n) is 3.82. The van der Waals surface area contributed by atoms with Crippen LogP contribution in [0.15, 0.2) is 34.2 Å². The van der Waals surface area contributed by atoms with Gasteiger partial charge in [0, 0.05) is 23.3 Å². The van der Waals surface area contributed by atoms with Crippen LogP contribution in [-0.2, 0) is 16.1 Å². The van der Waals surface area contributed by atoms with Crippen LogP contribution >= 0.6 is 0 Å². The highest BCUT2D eigenvalue weighted by Gasteiger charge is 2.14. The van der Waals surface area contributed by atoms with Gasteiger partial charge in [-0.1, -0.05) is 0 Å². The first-order valence-corrected chi connectivity index (χ1v) is 5.43. The van der Waals surface area contributed by atoms with Crippen molar-refractivity contribution in [2.45, 2.75) is 20.4 Å². The molecule has 1 aromatic heterocycles. The molecule has 0 saturated heterocycles. The Hall–Kier alpha value is -2.57. The number of nitrogens with one attached hydrogen (secondary N) is 2. The fraction of sp³-hybridized carbons (Fsp3) is 0.250. The minimum absolute atomic E-state index is 0.0223. The molecule has 0 aliphatic heterocycles. The minimum atomic E-state index is -1.20. The zero-order valence-corrected chi connectivity index (χ0v) is 10.5. The average molecular weight is 266 g/mol. The van der Waals surface area contributed by atoms with E-state index in [4.69, 9.17) is 9.52 Å². The number of hydrogen-bond acceptors (Lipinski definition) is 4. The van der Waals surface area contributed by atoms with Crippen LogP contribution in [0.3, 0.4) is 0 Å². The lowest BCUT2D eigenvalue weighted by Crippen LogP contribution is -2.39. The van der Waals surface area contributed by atoms with Gasteiger partial charge in [-0.2, -0.15) is 0 Å². The Labute approximate surface area is 109 Å². The van der Waals surface area contributed by atoms with Crippen LogP contribution in [0, 0.1) is 0 Å². The van der Waals surface area contributed by atoms with Crippen molar-refractivity contribution in [2.75, 3.05) is 0 Å². The number of aliphatic carboxylic acids is 1. The molecule has 0 radical (unpaired) electrons. The van der Waals surface area contributed by atoms with E-state index in [1.165, 1.54) is 26.4 Å². The van der Waals surface area contributed by atoms with Crippen molar-refractivity contribution < 1.29 is 23.9 Å². The number of urea groups is 1. The maximum absolute atomic E-state index is 11.5. The molecule has 0 saturated carbocycles. The van der Waals surface area contributed by atoms with Gasteiger partial charge in [-0.25, -0.2) is 9.59 Å². The lowest BCUT2D eigenvalue weighted by atomic mass is 10.1. The molecular formula is C12H14N2O5. The summed E-state index contributed by atoms with van der Waals surface area (Å²) in [5.41, 5.74) is 0.614. The predicted molar refractivity (Wildman–Crippen MR) is 65.1 cm³/mol. The quantitative estimate of drug-likeness (QED) is 0.705. The van der Waals surface area contributed by atoms with Crippen LogP contribution in [0.2, 0.25) is 0 Å². The molecule has 7 nitrogen and oxygen atoms in total. The molecular weight excluding hydrogens is 252 g/mol. The number of carbonyl (C=O) groups is 3. The third-order valence-corrected chi connectivity index (χ3v) is 2.48. The highest BCUT2D eigenvalue weighted by atomic mass is 16.4. The fourth-order valence-electron chi connectivity index (χ4n) is 1.15. The first-order chi connectivity index (χ1) is 8.91. The standard InChI is InChI=1S/C12H14N2O5/c1-7(8(2)11(16)17)10(15)14-12(18)13-5-9-3-4-19-6-9/h3-4,6H,5H2,1-2H3,(H,16,17)(H2,13,14,15,18)/b8-7+. The smallest absolute Gasteiger partial charge is 0.331 e. The van der Waals surface area contributed by atoms with E-state index in [-0.39, 0.29) is 17.7 Å². The monoisotopic (exact) mass is 266 g/mol. The SMILES string of the molecule is C/C(C(=O)O)=C(/C)C(=O)NC(=O)NCc1ccoc1. The second kappa shape index (κ2) is 6.39. The summed E-state index contributed by atoms with van der Waals surface area (Å²) in [4.78, 5) is 33.6. The highest BCUT2D eigenvalue weighted by molar-refractivity contribution is 6.07. The van der Waals surface area contributed by atoms with Crippen LogP contribution in [0.25, 0.3) is 0 Å². The molecule has 1 heterocycles. The highest BCUT2D eigenvalue weighted by Crippen LogP contribution is 2.03. The number of rotatable bonds is 4. The van der Waals surface area contributed by atoms with Crippen molar-refractivity contribution in [3.63, 3.8) is 0 Å². The summed E-state index contributed by atoms with van der Waals surface area (Å²) >= 11 is 0. The van der Waals surface area contributed by atoms with Gasteiger partial charge in [0.15, 0.2) is 0 Å². The van der Waals surface area contributed by atoms with E-state index in [1.54, 1.807) is 6.07 Å². The molecule has 3 N–H and O–H groups in total. The zero-order chi connectivity index (χ0) is 14.4. The molecule has 1 rings (SSSR count). The summed E-state index contributed by atoms with van der Waals surface area (Å²) in [5.74, 6) is -1.95. The van der Waals surface area contributed by atoms with Gasteiger partial charge in [-0.3, -0.25) is 10.1 Å². The molecule has 19 heavy (non-hydrogen) atoms. The number of carboxylic acid groups (broad SMARTS) is 1. The van der Waals surface area contributed by atoms with E-state index in [9.17, 15) is 14.4 Å². The topological polar surface area (TPSA) is 109 Å². The van der Waals surface area contributed by atoms with Gasteiger partial charge in [0.05, 0.1) is 12.5 Å². The van der Waals surface area contributed by atoms with E-state index < -0.39 is 17.9 Å². The largest absolute Gasteiger partial charge is 0.478 e. The van der Waals surface area contributed by atoms with Gasteiger partial charge in [-0.15, -0.1) is 0 Å². The Bertz CT molecular complexity index is 516. The van der Waals surface area contributed by atoms with Gasteiger partial charge in [-0.05, 0) is 19.9 Å². The van der Waals surface area contributed by atoms with Crippen molar-refractivity contribution in [2.24, 2.45) is 0 Å². The molecule has 102 valence electrons. The Morgan fingerprint density at radius 3 is 2.47 bits per heavy atom. The molecule has 0 aliphatic rings. The molecule has 0 spiro atoms. The fourth-order valence-corrected chi connectivity index (χ4v) is 1.15. The van der Waals surface area contributed by atoms with E-state index in [1.807, 2.05) is 5.32 Å². The molecule has 0 atom stereocenters. The first-order valence-electron chi connectivity index (χ1n) is 5.43. The predicted octanol–water partition coefficient (Wildman–Crippen LogP) is 1.03. The third-order valence-electron chi connectivity index (χ3n) is 2.48. The molecule has 3 amide bonds. The normalized spacial score (nSPS) is 11.5. The Kier molecular flexibility index (Phi) is 4.87. The van der Waals surface area contributed by atoms with Crippen LogP contribution in [0.5, 0.6) is 0 Å². The summed E-state index contributed by atoms with van der Waals surface area (Å²) in [5, 5.41) is 13.2. The van der Waals surface area contributed by atoms with Gasteiger partial charge in [0.1, 0.15) is 0 Å². The van der Waals surface area contributed by atoms with Gasteiger partial charge in [0.2, 0.25) is 0 Å². The van der Waals surface area contributed by atoms with E-state index >= 15 is 0 Å². The number of amides is 3. The Morgan fingerprint density at radius 1 is 1.26 bits per heavy atom. The number of imide groups is 1. The van der Waals surface area contributed by atoms with E-state index in [0.29, 0.717) is 0 Å². The van der Waals surface area contributed by atoms with Gasteiger partial charge >= 0.3 is 12.0 Å². The summed E-state index contributed by atoms with van der Waals surface area (Å²) < 4.78 is 4.81. The summed E-state index contributed by atoms with van der Waals surface area (Å²) in [6.07, 6.45) is 2.92.